The van der Waals surface area contributed by atoms with Crippen LogP contribution in [0.5, 0.6) is 0 Å². The summed E-state index contributed by atoms with van der Waals surface area (Å²) >= 11 is 1.08. The van der Waals surface area contributed by atoms with Gasteiger partial charge in [-0.1, -0.05) is 44.9 Å². The van der Waals surface area contributed by atoms with Gasteiger partial charge in [0.15, 0.2) is 29.1 Å². The van der Waals surface area contributed by atoms with E-state index in [4.69, 9.17) is 29.0 Å². The highest BCUT2D eigenvalue weighted by Crippen LogP contribution is 2.61. The number of aliphatic hydroxyl groups excluding tert-OH is 4. The molecule has 0 radical (unpaired) electrons. The highest BCUT2D eigenvalue weighted by Gasteiger charge is 2.50. The van der Waals surface area contributed by atoms with E-state index in [0.29, 0.717) is 18.6 Å². The Morgan fingerprint density at radius 2 is 1.65 bits per heavy atom. The van der Waals surface area contributed by atoms with Crippen LogP contribution in [0, 0.1) is 5.41 Å². The van der Waals surface area contributed by atoms with Crippen molar-refractivity contribution in [2.24, 2.45) is 5.41 Å². The molecule has 12 atom stereocenters. The Hall–Kier alpha value is -2.60. The number of nitrogens with one attached hydrogen (secondary N) is 2. The summed E-state index contributed by atoms with van der Waals surface area (Å²) in [6.45, 7) is 4.03. The van der Waals surface area contributed by atoms with Gasteiger partial charge in [-0.25, -0.2) is 28.6 Å². The van der Waals surface area contributed by atoms with Crippen LogP contribution in [0.3, 0.4) is 0 Å². The fourth-order valence-electron chi connectivity index (χ4n) is 6.78. The number of nitrogens with two attached hydrogens (primary N) is 1. The molecule has 2 aliphatic heterocycles. The topological polar surface area (TPSA) is 423 Å². The molecule has 4 heterocycles. The van der Waals surface area contributed by atoms with Crippen molar-refractivity contribution in [1.82, 2.24) is 30.2 Å². The van der Waals surface area contributed by atoms with Gasteiger partial charge in [0, 0.05) is 43.5 Å². The quantitative estimate of drug-likeness (QED) is 0.0402. The molecule has 12 N–H and O–H groups in total. The normalized spacial score (nSPS) is 26.2. The summed E-state index contributed by atoms with van der Waals surface area (Å²) in [6, 6.07) is 0. The van der Waals surface area contributed by atoms with Crippen LogP contribution in [-0.2, 0) is 60.2 Å². The Bertz CT molecular complexity index is 2140. The van der Waals surface area contributed by atoms with E-state index in [0.717, 1.165) is 54.7 Å². The van der Waals surface area contributed by atoms with Gasteiger partial charge in [-0.05, 0) is 26.7 Å². The molecule has 28 nitrogen and oxygen atoms in total. The van der Waals surface area contributed by atoms with Crippen molar-refractivity contribution < 1.29 is 100 Å². The standard InChI is InChI=1S/C36H62N7O21P3S/c1-20(60-35-23(45)15-22(44)21(2)61-35)9-7-5-6-8-10-26(47)68-14-13-38-25(46)11-12-39-33(50)30(49)36(3,4)17-59-67(56,57)64-66(54,55)58-16-24-29(63-65(51,52)53)28(48)34(62-24)43-19-42-27-31(37)40-18-41-32(27)43/h18-24,28-30,34-35,44-45,48-49H,5-17H2,1-4H3,(H,38,46)(H,39,50)(H,54,55)(H,56,57)(H2,37,40,41)(H2,51,52,53)/t20-,21+,22-,23-,24-,28-,29-,30+,34-,35-/m1/s1. The van der Waals surface area contributed by atoms with Crippen molar-refractivity contribution >= 4 is 69.1 Å². The molecule has 0 saturated carbocycles. The van der Waals surface area contributed by atoms with E-state index >= 15 is 0 Å². The van der Waals surface area contributed by atoms with Gasteiger partial charge in [0.05, 0.1) is 37.9 Å². The van der Waals surface area contributed by atoms with Gasteiger partial charge in [-0.15, -0.1) is 0 Å². The minimum atomic E-state index is -5.59. The number of aliphatic hydroxyl groups is 4. The molecule has 68 heavy (non-hydrogen) atoms. The van der Waals surface area contributed by atoms with Gasteiger partial charge in [0.1, 0.15) is 42.4 Å². The van der Waals surface area contributed by atoms with Crippen molar-refractivity contribution in [2.75, 3.05) is 37.8 Å². The van der Waals surface area contributed by atoms with Gasteiger partial charge in [0.2, 0.25) is 11.8 Å². The minimum absolute atomic E-state index is 0.0207. The highest BCUT2D eigenvalue weighted by atomic mass is 32.2. The third-order valence-corrected chi connectivity index (χ3v) is 14.6. The number of carbonyl (C=O) groups excluding carboxylic acids is 3. The molecule has 32 heteroatoms. The van der Waals surface area contributed by atoms with Gasteiger partial charge in [-0.2, -0.15) is 4.31 Å². The predicted molar refractivity (Wildman–Crippen MR) is 236 cm³/mol. The monoisotopic (exact) mass is 1050 g/mol. The van der Waals surface area contributed by atoms with Crippen molar-refractivity contribution in [2.45, 2.75) is 140 Å². The number of aromatic nitrogens is 4. The molecule has 0 aromatic carbocycles. The van der Waals surface area contributed by atoms with Crippen LogP contribution in [0.2, 0.25) is 0 Å². The molecule has 2 amide bonds. The minimum Gasteiger partial charge on any atom is -0.390 e. The number of ether oxygens (including phenoxy) is 3. The SMILES string of the molecule is C[C@H](CCCCCCC(=O)SCCNC(=O)CCNC(=O)[C@H](O)C(C)(C)COP(=O)(O)OP(=O)(O)OC[C@H]1O[C@@H](n2cnc3c(N)ncnc32)[C@H](O)[C@@H]1OP(=O)(O)O)O[C@@H]1O[C@@H](C)[C@H](O)C[C@H]1O. The average molecular weight is 1050 g/mol. The van der Waals surface area contributed by atoms with Gasteiger partial charge in [-0.3, -0.25) is 32.5 Å². The number of imidazole rings is 1. The number of unbranched alkanes of at least 4 members (excludes halogenated alkanes) is 3. The molecule has 2 aromatic rings. The number of phosphoric ester groups is 3. The Kier molecular flexibility index (Phi) is 21.9. The molecule has 0 aliphatic carbocycles. The lowest BCUT2D eigenvalue weighted by atomic mass is 9.87. The van der Waals surface area contributed by atoms with Crippen LogP contribution in [0.1, 0.15) is 85.3 Å². The van der Waals surface area contributed by atoms with Gasteiger partial charge in [0.25, 0.3) is 0 Å². The number of anilines is 1. The van der Waals surface area contributed by atoms with Crippen LogP contribution in [0.4, 0.5) is 5.82 Å². The number of hydrogen-bond acceptors (Lipinski definition) is 22. The van der Waals surface area contributed by atoms with Crippen molar-refractivity contribution in [3.63, 3.8) is 0 Å². The number of hydrogen-bond donors (Lipinski definition) is 11. The first kappa shape index (κ1) is 58.0. The average Bonchev–Trinajstić information content (AvgIpc) is 3.80. The summed E-state index contributed by atoms with van der Waals surface area (Å²) < 4.78 is 73.7. The first-order chi connectivity index (χ1) is 31.7. The second-order valence-corrected chi connectivity index (χ2v) is 22.2. The molecule has 2 aliphatic rings. The highest BCUT2D eigenvalue weighted by molar-refractivity contribution is 8.13. The summed E-state index contributed by atoms with van der Waals surface area (Å²) in [6.07, 6.45) is -5.39. The lowest BCUT2D eigenvalue weighted by Gasteiger charge is -2.36. The van der Waals surface area contributed by atoms with Crippen molar-refractivity contribution in [1.29, 1.82) is 0 Å². The summed E-state index contributed by atoms with van der Waals surface area (Å²) in [4.78, 5) is 88.4. The van der Waals surface area contributed by atoms with E-state index in [9.17, 15) is 68.1 Å². The van der Waals surface area contributed by atoms with Crippen molar-refractivity contribution in [3.05, 3.63) is 12.7 Å². The van der Waals surface area contributed by atoms with Crippen LogP contribution < -0.4 is 16.4 Å². The first-order valence-corrected chi connectivity index (χ1v) is 26.9. The largest absolute Gasteiger partial charge is 0.481 e. The number of carbonyl (C=O) groups is 3. The maximum atomic E-state index is 12.7. The summed E-state index contributed by atoms with van der Waals surface area (Å²) in [5.41, 5.74) is 4.24. The number of rotatable bonds is 28. The molecule has 0 spiro atoms. The number of thioether (sulfide) groups is 1. The molecule has 2 unspecified atom stereocenters. The van der Waals surface area contributed by atoms with E-state index in [-0.39, 0.29) is 54.1 Å². The Morgan fingerprint density at radius 3 is 2.35 bits per heavy atom. The van der Waals surface area contributed by atoms with Crippen LogP contribution >= 0.6 is 35.2 Å². The molecule has 0 bridgehead atoms. The number of fused-ring (bicyclic) bond motifs is 1. The van der Waals surface area contributed by atoms with Crippen molar-refractivity contribution in [3.8, 4) is 0 Å². The third kappa shape index (κ3) is 18.2. The smallest absolute Gasteiger partial charge is 0.390 e. The zero-order valence-corrected chi connectivity index (χ0v) is 41.1. The number of nitrogen functional groups attached to an aromatic ring is 1. The number of nitrogens with zero attached hydrogens (tertiary/aromatic N) is 4. The van der Waals surface area contributed by atoms with E-state index in [1.807, 2.05) is 6.92 Å². The second-order valence-electron chi connectivity index (χ2n) is 16.8. The fraction of sp³-hybridized carbons (Fsp3) is 0.778. The zero-order chi connectivity index (χ0) is 50.6. The maximum absolute atomic E-state index is 12.7. The first-order valence-electron chi connectivity index (χ1n) is 21.4. The Labute approximate surface area is 394 Å². The van der Waals surface area contributed by atoms with Crippen LogP contribution in [-0.4, -0.2) is 164 Å². The lowest BCUT2D eigenvalue weighted by Crippen LogP contribution is -2.48. The molecular formula is C36H62N7O21P3S. The maximum Gasteiger partial charge on any atom is 0.481 e. The third-order valence-electron chi connectivity index (χ3n) is 10.6. The zero-order valence-electron chi connectivity index (χ0n) is 37.6. The van der Waals surface area contributed by atoms with Gasteiger partial charge < -0.3 is 70.6 Å². The predicted octanol–water partition coefficient (Wildman–Crippen LogP) is 0.267. The number of phosphoric acid groups is 3. The Morgan fingerprint density at radius 1 is 0.956 bits per heavy atom. The summed E-state index contributed by atoms with van der Waals surface area (Å²) in [5.74, 6) is -1.17. The van der Waals surface area contributed by atoms with E-state index in [1.54, 1.807) is 6.92 Å². The van der Waals surface area contributed by atoms with E-state index < -0.39 is 109 Å². The molecule has 2 saturated heterocycles. The second kappa shape index (κ2) is 25.7. The fourth-order valence-corrected chi connectivity index (χ4v) is 10.3. The summed E-state index contributed by atoms with van der Waals surface area (Å²) in [7, 11) is -16.5. The lowest BCUT2D eigenvalue weighted by molar-refractivity contribution is -0.273. The van der Waals surface area contributed by atoms with Gasteiger partial charge >= 0.3 is 23.5 Å². The molecule has 2 fully saturated rings. The van der Waals surface area contributed by atoms with Crippen LogP contribution in [0.25, 0.3) is 11.2 Å². The van der Waals surface area contributed by atoms with Crippen LogP contribution in [0.15, 0.2) is 12.7 Å². The Balaban J connectivity index is 1.09. The van der Waals surface area contributed by atoms with E-state index in [1.165, 1.54) is 13.8 Å². The number of amides is 2. The molecule has 4 rings (SSSR count). The molecule has 2 aromatic heterocycles. The summed E-state index contributed by atoms with van der Waals surface area (Å²) in [5, 5.41) is 46.4. The van der Waals surface area contributed by atoms with E-state index in [2.05, 4.69) is 34.4 Å². The molecular weight excluding hydrogens is 991 g/mol. The molecule has 388 valence electrons.